The summed E-state index contributed by atoms with van der Waals surface area (Å²) in [6.45, 7) is 4.32. The van der Waals surface area contributed by atoms with E-state index in [1.54, 1.807) is 12.1 Å². The third-order valence-corrected chi connectivity index (χ3v) is 2.01. The van der Waals surface area contributed by atoms with Gasteiger partial charge in [-0.05, 0) is 26.0 Å². The molecular formula is C11H14ClNO2. The van der Waals surface area contributed by atoms with E-state index in [-0.39, 0.29) is 5.97 Å². The number of hydrogen-bond acceptors (Lipinski definition) is 3. The number of carbonyl (C=O) groups excluding carboxylic acids is 1. The lowest BCUT2D eigenvalue weighted by Gasteiger charge is -2.05. The standard InChI is InChI=1S/C11H14ClNO2/c1-8-5-9(2)7-10(6-8)11(14)15-13-4-3-12/h5-7,13H,3-4H2,1-2H3. The number of halogens is 1. The van der Waals surface area contributed by atoms with Gasteiger partial charge < -0.3 is 4.84 Å². The Morgan fingerprint density at radius 3 is 2.47 bits per heavy atom. The summed E-state index contributed by atoms with van der Waals surface area (Å²) in [4.78, 5) is 16.3. The molecular weight excluding hydrogens is 214 g/mol. The molecule has 4 heteroatoms. The fourth-order valence-electron chi connectivity index (χ4n) is 1.31. The van der Waals surface area contributed by atoms with Crippen LogP contribution in [0.25, 0.3) is 0 Å². The summed E-state index contributed by atoms with van der Waals surface area (Å²) in [7, 11) is 0. The molecule has 0 saturated carbocycles. The first-order chi connectivity index (χ1) is 7.13. The van der Waals surface area contributed by atoms with Crippen molar-refractivity contribution < 1.29 is 9.63 Å². The average molecular weight is 228 g/mol. The Hall–Kier alpha value is -1.06. The fourth-order valence-corrected chi connectivity index (χ4v) is 1.38. The molecule has 1 rings (SSSR count). The van der Waals surface area contributed by atoms with Crippen molar-refractivity contribution in [3.8, 4) is 0 Å². The van der Waals surface area contributed by atoms with Gasteiger partial charge in [-0.2, -0.15) is 5.48 Å². The SMILES string of the molecule is Cc1cc(C)cc(C(=O)ONCCCl)c1. The highest BCUT2D eigenvalue weighted by atomic mass is 35.5. The average Bonchev–Trinajstić information content (AvgIpc) is 2.16. The number of alkyl halides is 1. The molecule has 0 aromatic heterocycles. The normalized spacial score (nSPS) is 10.1. The highest BCUT2D eigenvalue weighted by molar-refractivity contribution is 6.18. The number of aryl methyl sites for hydroxylation is 2. The second-order valence-electron chi connectivity index (χ2n) is 3.35. The van der Waals surface area contributed by atoms with Gasteiger partial charge in [0.05, 0.1) is 5.56 Å². The number of hydroxylamine groups is 1. The van der Waals surface area contributed by atoms with E-state index in [0.29, 0.717) is 18.0 Å². The van der Waals surface area contributed by atoms with Crippen LogP contribution in [0.5, 0.6) is 0 Å². The van der Waals surface area contributed by atoms with Crippen LogP contribution in [0, 0.1) is 13.8 Å². The Morgan fingerprint density at radius 2 is 1.93 bits per heavy atom. The van der Waals surface area contributed by atoms with Crippen molar-refractivity contribution in [3.05, 3.63) is 34.9 Å². The molecule has 0 heterocycles. The Labute approximate surface area is 94.3 Å². The molecule has 3 nitrogen and oxygen atoms in total. The summed E-state index contributed by atoms with van der Waals surface area (Å²) in [5.74, 6) is 0.0204. The van der Waals surface area contributed by atoms with Gasteiger partial charge in [-0.3, -0.25) is 0 Å². The molecule has 15 heavy (non-hydrogen) atoms. The first-order valence-corrected chi connectivity index (χ1v) is 5.25. The highest BCUT2D eigenvalue weighted by Crippen LogP contribution is 2.09. The second kappa shape index (κ2) is 5.73. The van der Waals surface area contributed by atoms with E-state index in [1.165, 1.54) is 0 Å². The molecule has 0 bridgehead atoms. The molecule has 1 N–H and O–H groups in total. The van der Waals surface area contributed by atoms with E-state index < -0.39 is 0 Å². The summed E-state index contributed by atoms with van der Waals surface area (Å²) in [6.07, 6.45) is 0. The van der Waals surface area contributed by atoms with E-state index in [9.17, 15) is 4.79 Å². The van der Waals surface area contributed by atoms with Gasteiger partial charge in [0.15, 0.2) is 0 Å². The molecule has 0 radical (unpaired) electrons. The quantitative estimate of drug-likeness (QED) is 0.487. The van der Waals surface area contributed by atoms with E-state index in [2.05, 4.69) is 5.48 Å². The van der Waals surface area contributed by atoms with Crippen LogP contribution < -0.4 is 5.48 Å². The summed E-state index contributed by atoms with van der Waals surface area (Å²) in [5.41, 5.74) is 5.12. The zero-order chi connectivity index (χ0) is 11.3. The summed E-state index contributed by atoms with van der Waals surface area (Å²) in [5, 5.41) is 0. The van der Waals surface area contributed by atoms with Crippen LogP contribution in [0.4, 0.5) is 0 Å². The topological polar surface area (TPSA) is 38.3 Å². The van der Waals surface area contributed by atoms with Crippen molar-refractivity contribution in [2.24, 2.45) is 0 Å². The molecule has 0 aliphatic heterocycles. The van der Waals surface area contributed by atoms with Crippen LogP contribution in [-0.4, -0.2) is 18.4 Å². The van der Waals surface area contributed by atoms with Crippen LogP contribution in [0.1, 0.15) is 21.5 Å². The first kappa shape index (κ1) is 12.0. The number of benzene rings is 1. The second-order valence-corrected chi connectivity index (χ2v) is 3.73. The Kier molecular flexibility index (Phi) is 4.59. The van der Waals surface area contributed by atoms with Gasteiger partial charge in [-0.15, -0.1) is 11.6 Å². The third kappa shape index (κ3) is 3.90. The van der Waals surface area contributed by atoms with Crippen LogP contribution >= 0.6 is 11.6 Å². The minimum atomic E-state index is -0.382. The lowest BCUT2D eigenvalue weighted by Crippen LogP contribution is -2.22. The van der Waals surface area contributed by atoms with Crippen molar-refractivity contribution in [1.82, 2.24) is 5.48 Å². The monoisotopic (exact) mass is 227 g/mol. The van der Waals surface area contributed by atoms with Crippen molar-refractivity contribution >= 4 is 17.6 Å². The van der Waals surface area contributed by atoms with E-state index in [0.717, 1.165) is 11.1 Å². The first-order valence-electron chi connectivity index (χ1n) is 4.72. The maximum absolute atomic E-state index is 11.5. The fraction of sp³-hybridized carbons (Fsp3) is 0.364. The van der Waals surface area contributed by atoms with Crippen LogP contribution in [0.2, 0.25) is 0 Å². The molecule has 0 saturated heterocycles. The predicted molar refractivity (Wildman–Crippen MR) is 60.1 cm³/mol. The zero-order valence-corrected chi connectivity index (χ0v) is 9.60. The van der Waals surface area contributed by atoms with Crippen molar-refractivity contribution in [3.63, 3.8) is 0 Å². The lowest BCUT2D eigenvalue weighted by atomic mass is 10.1. The van der Waals surface area contributed by atoms with E-state index >= 15 is 0 Å². The highest BCUT2D eigenvalue weighted by Gasteiger charge is 2.07. The van der Waals surface area contributed by atoms with Gasteiger partial charge >= 0.3 is 5.97 Å². The van der Waals surface area contributed by atoms with Gasteiger partial charge in [-0.1, -0.05) is 17.2 Å². The molecule has 1 aromatic carbocycles. The number of rotatable bonds is 4. The number of hydrogen-bond donors (Lipinski definition) is 1. The van der Waals surface area contributed by atoms with Crippen molar-refractivity contribution in [2.45, 2.75) is 13.8 Å². The number of carbonyl (C=O) groups is 1. The molecule has 0 aliphatic carbocycles. The summed E-state index contributed by atoms with van der Waals surface area (Å²) in [6, 6.07) is 5.58. The Balaban J connectivity index is 2.65. The molecule has 0 amide bonds. The molecule has 1 aromatic rings. The van der Waals surface area contributed by atoms with Gasteiger partial charge in [0.1, 0.15) is 0 Å². The summed E-state index contributed by atoms with van der Waals surface area (Å²) < 4.78 is 0. The van der Waals surface area contributed by atoms with E-state index in [1.807, 2.05) is 19.9 Å². The Bertz CT molecular complexity index is 332. The predicted octanol–water partition coefficient (Wildman–Crippen LogP) is 2.20. The minimum Gasteiger partial charge on any atom is -0.367 e. The molecule has 0 fully saturated rings. The largest absolute Gasteiger partial charge is 0.367 e. The van der Waals surface area contributed by atoms with Crippen molar-refractivity contribution in [2.75, 3.05) is 12.4 Å². The zero-order valence-electron chi connectivity index (χ0n) is 8.84. The van der Waals surface area contributed by atoms with Gasteiger partial charge in [0.25, 0.3) is 0 Å². The lowest BCUT2D eigenvalue weighted by molar-refractivity contribution is 0.0267. The van der Waals surface area contributed by atoms with Crippen molar-refractivity contribution in [1.29, 1.82) is 0 Å². The molecule has 0 aliphatic rings. The maximum Gasteiger partial charge on any atom is 0.356 e. The third-order valence-electron chi connectivity index (χ3n) is 1.82. The van der Waals surface area contributed by atoms with Gasteiger partial charge in [0.2, 0.25) is 0 Å². The molecule has 82 valence electrons. The molecule has 0 unspecified atom stereocenters. The van der Waals surface area contributed by atoms with Gasteiger partial charge in [0, 0.05) is 12.4 Å². The van der Waals surface area contributed by atoms with Crippen LogP contribution in [0.3, 0.4) is 0 Å². The van der Waals surface area contributed by atoms with Gasteiger partial charge in [-0.25, -0.2) is 4.79 Å². The summed E-state index contributed by atoms with van der Waals surface area (Å²) >= 11 is 5.43. The van der Waals surface area contributed by atoms with Crippen LogP contribution in [0.15, 0.2) is 18.2 Å². The smallest absolute Gasteiger partial charge is 0.356 e. The molecule has 0 atom stereocenters. The molecule has 0 spiro atoms. The van der Waals surface area contributed by atoms with Crippen LogP contribution in [-0.2, 0) is 4.84 Å². The van der Waals surface area contributed by atoms with E-state index in [4.69, 9.17) is 16.4 Å². The Morgan fingerprint density at radius 1 is 1.33 bits per heavy atom. The maximum atomic E-state index is 11.5. The minimum absolute atomic E-state index is 0.382. The number of nitrogens with one attached hydrogen (secondary N) is 1.